The molecule has 15 heavy (non-hydrogen) atoms. The number of benzene rings is 1. The minimum absolute atomic E-state index is 0.235. The van der Waals surface area contributed by atoms with Gasteiger partial charge in [0.2, 0.25) is 0 Å². The Morgan fingerprint density at radius 2 is 1.93 bits per heavy atom. The Kier molecular flexibility index (Phi) is 3.76. The fraction of sp³-hybridized carbons (Fsp3) is 0.222. The Morgan fingerprint density at radius 3 is 2.33 bits per heavy atom. The number of nitrogens with two attached hydrogens (primary N) is 1. The van der Waals surface area contributed by atoms with Gasteiger partial charge in [-0.1, -0.05) is 15.9 Å². The van der Waals surface area contributed by atoms with Crippen LogP contribution in [-0.4, -0.2) is 13.1 Å². The van der Waals surface area contributed by atoms with Gasteiger partial charge in [0.1, 0.15) is 17.7 Å². The van der Waals surface area contributed by atoms with Crippen molar-refractivity contribution in [1.29, 1.82) is 0 Å². The number of ether oxygens (including phenoxy) is 1. The molecule has 0 radical (unpaired) electrons. The summed E-state index contributed by atoms with van der Waals surface area (Å²) in [6.45, 7) is 0. The van der Waals surface area contributed by atoms with Gasteiger partial charge >= 0.3 is 5.97 Å². The van der Waals surface area contributed by atoms with Gasteiger partial charge in [0.25, 0.3) is 0 Å². The van der Waals surface area contributed by atoms with Gasteiger partial charge in [-0.2, -0.15) is 0 Å². The van der Waals surface area contributed by atoms with Crippen molar-refractivity contribution in [2.75, 3.05) is 7.11 Å². The quantitative estimate of drug-likeness (QED) is 0.842. The number of esters is 1. The number of carbonyl (C=O) groups is 1. The van der Waals surface area contributed by atoms with Crippen LogP contribution in [-0.2, 0) is 9.53 Å². The van der Waals surface area contributed by atoms with E-state index in [0.29, 0.717) is 0 Å². The first-order valence-electron chi connectivity index (χ1n) is 3.95. The zero-order valence-electron chi connectivity index (χ0n) is 7.76. The van der Waals surface area contributed by atoms with Crippen LogP contribution in [0.25, 0.3) is 0 Å². The monoisotopic (exact) mass is 279 g/mol. The number of hydrogen-bond donors (Lipinski definition) is 1. The Morgan fingerprint density at radius 1 is 1.47 bits per heavy atom. The maximum absolute atomic E-state index is 13.3. The maximum Gasteiger partial charge on any atom is 0.327 e. The van der Waals surface area contributed by atoms with E-state index in [1.54, 1.807) is 0 Å². The number of rotatable bonds is 2. The highest BCUT2D eigenvalue weighted by Gasteiger charge is 2.24. The van der Waals surface area contributed by atoms with Gasteiger partial charge in [-0.05, 0) is 12.1 Å². The van der Waals surface area contributed by atoms with E-state index in [9.17, 15) is 13.6 Å². The molecular formula is C9H8BrF2NO2. The average molecular weight is 280 g/mol. The smallest absolute Gasteiger partial charge is 0.327 e. The lowest BCUT2D eigenvalue weighted by Gasteiger charge is -2.11. The Labute approximate surface area is 93.3 Å². The first-order chi connectivity index (χ1) is 6.97. The minimum Gasteiger partial charge on any atom is -0.468 e. The first kappa shape index (κ1) is 12.1. The summed E-state index contributed by atoms with van der Waals surface area (Å²) in [6.07, 6.45) is 0. The van der Waals surface area contributed by atoms with Gasteiger partial charge < -0.3 is 10.5 Å². The summed E-state index contributed by atoms with van der Waals surface area (Å²) in [4.78, 5) is 11.0. The predicted molar refractivity (Wildman–Crippen MR) is 53.0 cm³/mol. The summed E-state index contributed by atoms with van der Waals surface area (Å²) < 4.78 is 31.1. The van der Waals surface area contributed by atoms with Crippen LogP contribution in [0.15, 0.2) is 16.6 Å². The van der Waals surface area contributed by atoms with Crippen molar-refractivity contribution in [3.63, 3.8) is 0 Å². The lowest BCUT2D eigenvalue weighted by atomic mass is 10.1. The van der Waals surface area contributed by atoms with Gasteiger partial charge in [-0.25, -0.2) is 8.78 Å². The van der Waals surface area contributed by atoms with Crippen LogP contribution in [0.4, 0.5) is 8.78 Å². The molecule has 0 unspecified atom stereocenters. The molecule has 6 heteroatoms. The van der Waals surface area contributed by atoms with Crippen molar-refractivity contribution >= 4 is 21.9 Å². The van der Waals surface area contributed by atoms with Crippen molar-refractivity contribution in [2.24, 2.45) is 5.73 Å². The van der Waals surface area contributed by atoms with Gasteiger partial charge in [0.15, 0.2) is 0 Å². The Bertz CT molecular complexity index is 375. The lowest BCUT2D eigenvalue weighted by Crippen LogP contribution is -2.24. The number of carbonyl (C=O) groups excluding carboxylic acids is 1. The summed E-state index contributed by atoms with van der Waals surface area (Å²) in [5.74, 6) is -2.67. The summed E-state index contributed by atoms with van der Waals surface area (Å²) in [5, 5.41) is 0. The van der Waals surface area contributed by atoms with E-state index in [-0.39, 0.29) is 4.47 Å². The lowest BCUT2D eigenvalue weighted by molar-refractivity contribution is -0.142. The molecule has 0 spiro atoms. The fourth-order valence-electron chi connectivity index (χ4n) is 1.10. The first-order valence-corrected chi connectivity index (χ1v) is 4.74. The van der Waals surface area contributed by atoms with E-state index in [4.69, 9.17) is 5.73 Å². The molecule has 82 valence electrons. The Hall–Kier alpha value is -1.01. The summed E-state index contributed by atoms with van der Waals surface area (Å²) >= 11 is 2.91. The second-order valence-corrected chi connectivity index (χ2v) is 3.70. The van der Waals surface area contributed by atoms with Crippen molar-refractivity contribution in [2.45, 2.75) is 6.04 Å². The predicted octanol–water partition coefficient (Wildman–Crippen LogP) is 1.90. The van der Waals surface area contributed by atoms with Gasteiger partial charge in [-0.15, -0.1) is 0 Å². The molecule has 0 aliphatic carbocycles. The molecule has 0 fully saturated rings. The number of hydrogen-bond acceptors (Lipinski definition) is 3. The topological polar surface area (TPSA) is 52.3 Å². The zero-order valence-corrected chi connectivity index (χ0v) is 9.35. The molecular weight excluding hydrogens is 272 g/mol. The van der Waals surface area contributed by atoms with Crippen LogP contribution in [0.3, 0.4) is 0 Å². The normalized spacial score (nSPS) is 12.3. The van der Waals surface area contributed by atoms with Crippen LogP contribution in [0, 0.1) is 11.6 Å². The second kappa shape index (κ2) is 4.67. The molecule has 1 aromatic carbocycles. The fourth-order valence-corrected chi connectivity index (χ4v) is 1.50. The molecule has 0 saturated heterocycles. The maximum atomic E-state index is 13.3. The summed E-state index contributed by atoms with van der Waals surface area (Å²) in [6, 6.07) is 0.603. The van der Waals surface area contributed by atoms with Crippen LogP contribution < -0.4 is 5.73 Å². The highest BCUT2D eigenvalue weighted by atomic mass is 79.9. The molecule has 0 aromatic heterocycles. The van der Waals surface area contributed by atoms with Crippen molar-refractivity contribution in [3.05, 3.63) is 33.8 Å². The molecule has 2 N–H and O–H groups in total. The molecule has 0 aliphatic heterocycles. The van der Waals surface area contributed by atoms with Crippen LogP contribution >= 0.6 is 15.9 Å². The van der Waals surface area contributed by atoms with Gasteiger partial charge in [-0.3, -0.25) is 4.79 Å². The number of methoxy groups -OCH3 is 1. The summed E-state index contributed by atoms with van der Waals surface area (Å²) in [5.41, 5.74) is 4.84. The van der Waals surface area contributed by atoms with E-state index in [1.807, 2.05) is 0 Å². The molecule has 1 rings (SSSR count). The third kappa shape index (κ3) is 2.51. The van der Waals surface area contributed by atoms with Crippen molar-refractivity contribution in [1.82, 2.24) is 0 Å². The molecule has 0 aliphatic rings. The highest BCUT2D eigenvalue weighted by Crippen LogP contribution is 2.24. The van der Waals surface area contributed by atoms with E-state index in [0.717, 1.165) is 19.2 Å². The van der Waals surface area contributed by atoms with Crippen molar-refractivity contribution in [3.8, 4) is 0 Å². The van der Waals surface area contributed by atoms with E-state index in [1.165, 1.54) is 0 Å². The van der Waals surface area contributed by atoms with Crippen LogP contribution in [0.5, 0.6) is 0 Å². The molecule has 0 saturated carbocycles. The van der Waals surface area contributed by atoms with E-state index < -0.39 is 29.2 Å². The molecule has 1 atom stereocenters. The standard InChI is InChI=1S/C9H8BrF2NO2/c1-15-9(14)8(13)7-5(11)2-4(10)3-6(7)12/h2-3,8H,13H2,1H3/t8-/m0/s1. The molecule has 0 amide bonds. The third-order valence-corrected chi connectivity index (χ3v) is 2.27. The molecule has 0 bridgehead atoms. The third-order valence-electron chi connectivity index (χ3n) is 1.81. The zero-order chi connectivity index (χ0) is 11.6. The second-order valence-electron chi connectivity index (χ2n) is 2.78. The SMILES string of the molecule is COC(=O)[C@@H](N)c1c(F)cc(Br)cc1F. The summed E-state index contributed by atoms with van der Waals surface area (Å²) in [7, 11) is 1.09. The Balaban J connectivity index is 3.19. The average Bonchev–Trinajstić information content (AvgIpc) is 2.14. The molecule has 0 heterocycles. The minimum atomic E-state index is -1.46. The van der Waals surface area contributed by atoms with Crippen LogP contribution in [0.2, 0.25) is 0 Å². The molecule has 1 aromatic rings. The molecule has 3 nitrogen and oxygen atoms in total. The number of halogens is 3. The van der Waals surface area contributed by atoms with E-state index in [2.05, 4.69) is 20.7 Å². The van der Waals surface area contributed by atoms with Crippen molar-refractivity contribution < 1.29 is 18.3 Å². The van der Waals surface area contributed by atoms with Crippen LogP contribution in [0.1, 0.15) is 11.6 Å². The largest absolute Gasteiger partial charge is 0.468 e. The highest BCUT2D eigenvalue weighted by molar-refractivity contribution is 9.10. The van der Waals surface area contributed by atoms with Gasteiger partial charge in [0, 0.05) is 4.47 Å². The van der Waals surface area contributed by atoms with Gasteiger partial charge in [0.05, 0.1) is 12.7 Å². The van der Waals surface area contributed by atoms with E-state index >= 15 is 0 Å².